The van der Waals surface area contributed by atoms with Crippen LogP contribution < -0.4 is 5.73 Å². The van der Waals surface area contributed by atoms with Crippen molar-refractivity contribution >= 4 is 39.8 Å². The number of aryl methyl sites for hydroxylation is 1. The van der Waals surface area contributed by atoms with E-state index in [1.54, 1.807) is 6.92 Å². The van der Waals surface area contributed by atoms with E-state index in [0.29, 0.717) is 5.56 Å². The Morgan fingerprint density at radius 1 is 1.35 bits per heavy atom. The van der Waals surface area contributed by atoms with Crippen LogP contribution in [0, 0.1) is 18.3 Å². The number of nitrogen functional groups attached to an aromatic ring is 1. The van der Waals surface area contributed by atoms with E-state index in [2.05, 4.69) is 5.10 Å². The van der Waals surface area contributed by atoms with E-state index in [0.717, 1.165) is 4.68 Å². The summed E-state index contributed by atoms with van der Waals surface area (Å²) < 4.78 is 50.5. The molecule has 0 saturated carbocycles. The maximum absolute atomic E-state index is 12.7. The van der Waals surface area contributed by atoms with Crippen molar-refractivity contribution in [3.8, 4) is 11.8 Å². The predicted molar refractivity (Wildman–Crippen MR) is 79.9 cm³/mol. The quantitative estimate of drug-likeness (QED) is 0.859. The fourth-order valence-corrected chi connectivity index (χ4v) is 3.38. The lowest BCUT2D eigenvalue weighted by Gasteiger charge is -2.10. The Labute approximate surface area is 140 Å². The molecule has 0 radical (unpaired) electrons. The molecule has 0 amide bonds. The highest BCUT2D eigenvalue weighted by molar-refractivity contribution is 7.86. The highest BCUT2D eigenvalue weighted by Crippen LogP contribution is 2.36. The molecule has 23 heavy (non-hydrogen) atoms. The van der Waals surface area contributed by atoms with E-state index in [-0.39, 0.29) is 15.7 Å². The Balaban J connectivity index is 2.76. The van der Waals surface area contributed by atoms with Gasteiger partial charge in [-0.2, -0.15) is 23.5 Å². The van der Waals surface area contributed by atoms with Crippen LogP contribution in [-0.4, -0.2) is 19.5 Å². The summed E-state index contributed by atoms with van der Waals surface area (Å²) in [5.41, 5.74) is 0.520. The maximum atomic E-state index is 12.7. The fraction of sp³-hybridized carbons (Fsp3) is 0.167. The smallest absolute Gasteiger partial charge is 0.383 e. The van der Waals surface area contributed by atoms with E-state index < -0.39 is 32.7 Å². The summed E-state index contributed by atoms with van der Waals surface area (Å²) in [7, 11) is -3.51. The fourth-order valence-electron chi connectivity index (χ4n) is 1.85. The number of rotatable bonds is 2. The number of halogens is 5. The van der Waals surface area contributed by atoms with Gasteiger partial charge in [0.15, 0.2) is 16.5 Å². The zero-order chi connectivity index (χ0) is 17.5. The van der Waals surface area contributed by atoms with Crippen molar-refractivity contribution in [2.24, 2.45) is 0 Å². The molecule has 11 heteroatoms. The van der Waals surface area contributed by atoms with Crippen LogP contribution in [0.15, 0.2) is 17.0 Å². The summed E-state index contributed by atoms with van der Waals surface area (Å²) in [4.78, 5) is -0.923. The third kappa shape index (κ3) is 3.15. The van der Waals surface area contributed by atoms with E-state index in [1.165, 1.54) is 18.2 Å². The molecule has 1 atom stereocenters. The monoisotopic (exact) mass is 382 g/mol. The summed E-state index contributed by atoms with van der Waals surface area (Å²) in [5.74, 6) is -0.620. The molecule has 0 aliphatic rings. The van der Waals surface area contributed by atoms with Crippen LogP contribution in [0.5, 0.6) is 0 Å². The molecular weight excluding hydrogens is 376 g/mol. The summed E-state index contributed by atoms with van der Waals surface area (Å²) in [6.45, 7) is 1.71. The second-order valence-electron chi connectivity index (χ2n) is 4.38. The van der Waals surface area contributed by atoms with Gasteiger partial charge in [0.2, 0.25) is 0 Å². The van der Waals surface area contributed by atoms with Gasteiger partial charge in [0.25, 0.3) is 0 Å². The molecule has 122 valence electrons. The number of nitrogens with zero attached hydrogens (tertiary/aromatic N) is 3. The van der Waals surface area contributed by atoms with Crippen molar-refractivity contribution in [3.05, 3.63) is 33.4 Å². The van der Waals surface area contributed by atoms with Gasteiger partial charge in [-0.1, -0.05) is 23.2 Å². The molecule has 0 spiro atoms. The van der Waals surface area contributed by atoms with Gasteiger partial charge >= 0.3 is 5.51 Å². The van der Waals surface area contributed by atoms with Crippen LogP contribution in [0.1, 0.15) is 11.3 Å². The number of benzene rings is 1. The van der Waals surface area contributed by atoms with Crippen molar-refractivity contribution in [3.63, 3.8) is 0 Å². The Morgan fingerprint density at radius 3 is 2.30 bits per heavy atom. The van der Waals surface area contributed by atoms with Crippen LogP contribution >= 0.6 is 23.2 Å². The molecule has 5 nitrogen and oxygen atoms in total. The lowest BCUT2D eigenvalue weighted by Crippen LogP contribution is -2.18. The maximum Gasteiger partial charge on any atom is 0.476 e. The van der Waals surface area contributed by atoms with Crippen LogP contribution in [0.25, 0.3) is 5.69 Å². The average Bonchev–Trinajstić information content (AvgIpc) is 2.73. The normalized spacial score (nSPS) is 12.9. The van der Waals surface area contributed by atoms with Gasteiger partial charge in [-0.15, -0.1) is 0 Å². The second kappa shape index (κ2) is 6.03. The first-order valence-corrected chi connectivity index (χ1v) is 7.71. The Hall–Kier alpha value is -1.76. The molecule has 1 unspecified atom stereocenters. The van der Waals surface area contributed by atoms with Gasteiger partial charge in [-0.3, -0.25) is 0 Å². The van der Waals surface area contributed by atoms with E-state index >= 15 is 0 Å². The van der Waals surface area contributed by atoms with E-state index in [9.17, 15) is 17.4 Å². The van der Waals surface area contributed by atoms with Crippen molar-refractivity contribution in [2.75, 3.05) is 5.73 Å². The van der Waals surface area contributed by atoms with Crippen LogP contribution in [0.3, 0.4) is 0 Å². The Kier molecular flexibility index (Phi) is 4.61. The number of nitrogens with two attached hydrogens (primary N) is 1. The zero-order valence-corrected chi connectivity index (χ0v) is 13.6. The molecule has 1 aromatic carbocycles. The minimum Gasteiger partial charge on any atom is -0.383 e. The molecular formula is C12H7Cl2F3N4OS. The standard InChI is InChI=1S/C12H7Cl2F3N4OS/c1-5-2-6(13)9(7(14)3-5)21-11(19)10(8(4-18)20-21)23(22)12(15,16)17/h2-3H,19H2,1H3. The summed E-state index contributed by atoms with van der Waals surface area (Å²) in [5, 5.41) is 12.7. The third-order valence-electron chi connectivity index (χ3n) is 2.75. The summed E-state index contributed by atoms with van der Waals surface area (Å²) in [6.07, 6.45) is 0. The van der Waals surface area contributed by atoms with Crippen molar-refractivity contribution in [1.82, 2.24) is 9.78 Å². The molecule has 2 aromatic rings. The number of hydrogen-bond acceptors (Lipinski definition) is 4. The average molecular weight is 383 g/mol. The topological polar surface area (TPSA) is 84.7 Å². The molecule has 2 rings (SSSR count). The number of hydrogen-bond donors (Lipinski definition) is 1. The molecule has 2 N–H and O–H groups in total. The van der Waals surface area contributed by atoms with E-state index in [1.807, 2.05) is 0 Å². The molecule has 0 aliphatic carbocycles. The molecule has 1 heterocycles. The van der Waals surface area contributed by atoms with Gasteiger partial charge in [0.05, 0.1) is 10.0 Å². The molecule has 1 aromatic heterocycles. The van der Waals surface area contributed by atoms with Gasteiger partial charge in [-0.05, 0) is 24.6 Å². The van der Waals surface area contributed by atoms with Gasteiger partial charge in [0.1, 0.15) is 22.5 Å². The molecule has 0 fully saturated rings. The molecule has 0 aliphatic heterocycles. The first-order chi connectivity index (χ1) is 10.6. The largest absolute Gasteiger partial charge is 0.476 e. The number of aromatic nitrogens is 2. The SMILES string of the molecule is Cc1cc(Cl)c(-n2nc(C#N)c(S(=O)C(F)(F)F)c2N)c(Cl)c1. The highest BCUT2D eigenvalue weighted by atomic mass is 35.5. The van der Waals surface area contributed by atoms with Crippen LogP contribution in [0.2, 0.25) is 10.0 Å². The Morgan fingerprint density at radius 2 is 1.87 bits per heavy atom. The van der Waals surface area contributed by atoms with Crippen LogP contribution in [0.4, 0.5) is 19.0 Å². The minimum absolute atomic E-state index is 0.00152. The van der Waals surface area contributed by atoms with Crippen molar-refractivity contribution < 1.29 is 17.4 Å². The number of anilines is 1. The van der Waals surface area contributed by atoms with Gasteiger partial charge in [-0.25, -0.2) is 8.89 Å². The lowest BCUT2D eigenvalue weighted by molar-refractivity contribution is -0.0384. The Bertz CT molecular complexity index is 834. The van der Waals surface area contributed by atoms with Crippen molar-refractivity contribution in [2.45, 2.75) is 17.3 Å². The van der Waals surface area contributed by atoms with Crippen LogP contribution in [-0.2, 0) is 10.8 Å². The second-order valence-corrected chi connectivity index (χ2v) is 6.60. The lowest BCUT2D eigenvalue weighted by atomic mass is 10.2. The van der Waals surface area contributed by atoms with E-state index in [4.69, 9.17) is 34.2 Å². The molecule has 0 saturated heterocycles. The highest BCUT2D eigenvalue weighted by Gasteiger charge is 2.42. The van der Waals surface area contributed by atoms with Gasteiger partial charge < -0.3 is 5.73 Å². The summed E-state index contributed by atoms with van der Waals surface area (Å²) >= 11 is 12.1. The number of alkyl halides is 3. The summed E-state index contributed by atoms with van der Waals surface area (Å²) in [6, 6.07) is 4.43. The first-order valence-electron chi connectivity index (χ1n) is 5.81. The zero-order valence-electron chi connectivity index (χ0n) is 11.3. The first kappa shape index (κ1) is 17.6. The predicted octanol–water partition coefficient (Wildman–Crippen LogP) is 3.57. The van der Waals surface area contributed by atoms with Gasteiger partial charge in [0, 0.05) is 0 Å². The third-order valence-corrected chi connectivity index (χ3v) is 4.52. The van der Waals surface area contributed by atoms with Crippen molar-refractivity contribution in [1.29, 1.82) is 5.26 Å². The minimum atomic E-state index is -5.09. The molecule has 0 bridgehead atoms. The number of nitriles is 1.